The molecule has 286 valence electrons. The molecule has 0 N–H and O–H groups in total. The van der Waals surface area contributed by atoms with Crippen LogP contribution >= 0.6 is 60.1 Å². The third kappa shape index (κ3) is 13.0. The molecule has 6 aromatic rings. The van der Waals surface area contributed by atoms with Crippen molar-refractivity contribution in [1.29, 1.82) is 0 Å². The van der Waals surface area contributed by atoms with Crippen molar-refractivity contribution in [3.8, 4) is 0 Å². The average Bonchev–Trinajstić information content (AvgIpc) is 3.25. The molecule has 0 spiro atoms. The number of benzene rings is 6. The van der Waals surface area contributed by atoms with E-state index < -0.39 is 22.4 Å². The van der Waals surface area contributed by atoms with Crippen LogP contribution in [0.4, 0.5) is 0 Å². The molecule has 8 heteroatoms. The molecule has 0 amide bonds. The van der Waals surface area contributed by atoms with Crippen LogP contribution in [0, 0.1) is 0 Å². The minimum absolute atomic E-state index is 1.09. The Morgan fingerprint density at radius 1 is 0.196 bits per heavy atom. The van der Waals surface area contributed by atoms with Gasteiger partial charge in [-0.05, 0) is 0 Å². The molecular formula is C48H48As2S6. The standard InChI is InChI=1S/C48H48As2S6/c1-2-38-9-21-44(22-10-38)32-52-50-55-35-47-27-15-41(16-28-47)5-3-39-11-23-45(24-12-39)33-53-49(51-31-43-19-7-37(1)8-20-43)54-34-46-25-13-40(14-26-46)4-6-42-17-29-48(30-18-42)36-56-50/h7-30H,1-6,31-36H2. The third-order valence-corrected chi connectivity index (χ3v) is 46.9. The van der Waals surface area contributed by atoms with Crippen LogP contribution in [0.25, 0.3) is 0 Å². The summed E-state index contributed by atoms with van der Waals surface area (Å²) in [6.45, 7) is 0. The molecule has 0 nitrogen and oxygen atoms in total. The second kappa shape index (κ2) is 21.7. The molecule has 0 fully saturated rings. The van der Waals surface area contributed by atoms with Crippen molar-refractivity contribution in [3.05, 3.63) is 212 Å². The Bertz CT molecular complexity index is 1690. The summed E-state index contributed by atoms with van der Waals surface area (Å²) in [4.78, 5) is 0. The molecule has 14 bridgehead atoms. The molecule has 0 aliphatic carbocycles. The van der Waals surface area contributed by atoms with Crippen LogP contribution in [0.5, 0.6) is 0 Å². The summed E-state index contributed by atoms with van der Waals surface area (Å²) in [5.74, 6) is 6.59. The maximum absolute atomic E-state index is 2.39. The monoisotopic (exact) mass is 966 g/mol. The van der Waals surface area contributed by atoms with Gasteiger partial charge in [-0.3, -0.25) is 0 Å². The van der Waals surface area contributed by atoms with Crippen molar-refractivity contribution in [1.82, 2.24) is 0 Å². The Morgan fingerprint density at radius 2 is 0.321 bits per heavy atom. The summed E-state index contributed by atoms with van der Waals surface area (Å²) in [5.41, 5.74) is 17.4. The molecule has 0 saturated heterocycles. The molecule has 27 aliphatic rings. The Kier molecular flexibility index (Phi) is 16.0. The normalized spacial score (nSPS) is 18.9. The van der Waals surface area contributed by atoms with E-state index in [4.69, 9.17) is 0 Å². The van der Waals surface area contributed by atoms with Gasteiger partial charge in [-0.2, -0.15) is 0 Å². The summed E-state index contributed by atoms with van der Waals surface area (Å²) in [5, 5.41) is 0. The fourth-order valence-corrected chi connectivity index (χ4v) is 39.1. The van der Waals surface area contributed by atoms with Gasteiger partial charge in [-0.1, -0.05) is 0 Å². The first-order valence-electron chi connectivity index (χ1n) is 19.5. The third-order valence-electron chi connectivity index (χ3n) is 10.3. The molecule has 27 heterocycles. The van der Waals surface area contributed by atoms with Crippen LogP contribution in [0.1, 0.15) is 66.8 Å². The zero-order valence-electron chi connectivity index (χ0n) is 31.7. The van der Waals surface area contributed by atoms with Crippen molar-refractivity contribution >= 4 is 82.5 Å². The minimum atomic E-state index is -1.30. The van der Waals surface area contributed by atoms with Gasteiger partial charge in [-0.15, -0.1) is 0 Å². The quantitative estimate of drug-likeness (QED) is 0.138. The van der Waals surface area contributed by atoms with Crippen molar-refractivity contribution in [3.63, 3.8) is 0 Å². The van der Waals surface area contributed by atoms with E-state index in [0.29, 0.717) is 0 Å². The molecule has 6 aromatic carbocycles. The van der Waals surface area contributed by atoms with Crippen LogP contribution in [0.2, 0.25) is 0 Å². The summed E-state index contributed by atoms with van der Waals surface area (Å²) in [7, 11) is 13.4. The van der Waals surface area contributed by atoms with E-state index in [1.54, 1.807) is 0 Å². The van der Waals surface area contributed by atoms with Gasteiger partial charge >= 0.3 is 368 Å². The summed E-state index contributed by atoms with van der Waals surface area (Å²) >= 11 is -2.59. The van der Waals surface area contributed by atoms with Crippen LogP contribution in [-0.2, 0) is 73.0 Å². The van der Waals surface area contributed by atoms with E-state index in [0.717, 1.165) is 73.0 Å². The van der Waals surface area contributed by atoms with Crippen LogP contribution < -0.4 is 0 Å². The van der Waals surface area contributed by atoms with Gasteiger partial charge in [-0.25, -0.2) is 0 Å². The number of rotatable bonds is 0. The van der Waals surface area contributed by atoms with Gasteiger partial charge in [0.1, 0.15) is 0 Å². The number of aryl methyl sites for hydroxylation is 6. The van der Waals surface area contributed by atoms with Crippen molar-refractivity contribution in [2.45, 2.75) is 73.0 Å². The molecular weight excluding hydrogens is 919 g/mol. The zero-order valence-corrected chi connectivity index (χ0v) is 40.3. The predicted octanol–water partition coefficient (Wildman–Crippen LogP) is 13.8. The van der Waals surface area contributed by atoms with Gasteiger partial charge in [0, 0.05) is 0 Å². The van der Waals surface area contributed by atoms with E-state index in [9.17, 15) is 0 Å². The number of hydrogen-bond donors (Lipinski definition) is 0. The van der Waals surface area contributed by atoms with E-state index in [-0.39, 0.29) is 0 Å². The van der Waals surface area contributed by atoms with E-state index in [2.05, 4.69) is 206 Å². The van der Waals surface area contributed by atoms with E-state index in [1.807, 2.05) is 0 Å². The topological polar surface area (TPSA) is 0 Å². The average molecular weight is 967 g/mol. The van der Waals surface area contributed by atoms with E-state index >= 15 is 0 Å². The summed E-state index contributed by atoms with van der Waals surface area (Å²) in [6, 6.07) is 57.2. The summed E-state index contributed by atoms with van der Waals surface area (Å²) in [6.07, 6.45) is 6.54. The molecule has 27 aliphatic heterocycles. The fraction of sp³-hybridized carbons (Fsp3) is 0.250. The van der Waals surface area contributed by atoms with Gasteiger partial charge < -0.3 is 0 Å². The second-order valence-electron chi connectivity index (χ2n) is 14.5. The maximum atomic E-state index is 2.39. The zero-order chi connectivity index (χ0) is 37.8. The van der Waals surface area contributed by atoms with Crippen molar-refractivity contribution in [2.24, 2.45) is 0 Å². The van der Waals surface area contributed by atoms with Gasteiger partial charge in [0.2, 0.25) is 0 Å². The van der Waals surface area contributed by atoms with Gasteiger partial charge in [0.15, 0.2) is 0 Å². The summed E-state index contributed by atoms with van der Waals surface area (Å²) < 4.78 is 0. The molecule has 33 rings (SSSR count). The van der Waals surface area contributed by atoms with E-state index in [1.165, 1.54) is 66.8 Å². The first-order valence-corrected chi connectivity index (χ1v) is 38.9. The van der Waals surface area contributed by atoms with Crippen molar-refractivity contribution < 1.29 is 0 Å². The Balaban J connectivity index is 1.07. The first-order chi connectivity index (χ1) is 27.6. The second-order valence-corrected chi connectivity index (χ2v) is 48.0. The van der Waals surface area contributed by atoms with Gasteiger partial charge in [0.25, 0.3) is 0 Å². The Morgan fingerprint density at radius 3 is 0.464 bits per heavy atom. The first kappa shape index (κ1) is 41.3. The molecule has 0 atom stereocenters. The Hall–Kier alpha value is -1.46. The van der Waals surface area contributed by atoms with Crippen molar-refractivity contribution in [2.75, 3.05) is 0 Å². The number of hydrogen-bond acceptors (Lipinski definition) is 6. The molecule has 0 unspecified atom stereocenters. The SMILES string of the molecule is c1cc2ccc1CCc1ccc(cc1)CS[As]1SCc3ccc(cc3)CCc3ccc(cc3)CS[As](SC2)SCc2ccc(cc2)CCc2ccc(cc2)CS1. The van der Waals surface area contributed by atoms with Gasteiger partial charge in [0.05, 0.1) is 0 Å². The predicted molar refractivity (Wildman–Crippen MR) is 260 cm³/mol. The van der Waals surface area contributed by atoms with Crippen LogP contribution in [-0.4, -0.2) is 22.4 Å². The fourth-order valence-electron chi connectivity index (χ4n) is 6.67. The van der Waals surface area contributed by atoms with Crippen LogP contribution in [0.15, 0.2) is 146 Å². The molecule has 0 radical (unpaired) electrons. The molecule has 0 saturated carbocycles. The molecule has 0 aromatic heterocycles. The molecule has 56 heavy (non-hydrogen) atoms. The Labute approximate surface area is 364 Å². The van der Waals surface area contributed by atoms with Crippen LogP contribution in [0.3, 0.4) is 0 Å².